The van der Waals surface area contributed by atoms with Gasteiger partial charge in [-0.05, 0) is 26.0 Å². The average Bonchev–Trinajstić information content (AvgIpc) is 2.29. The van der Waals surface area contributed by atoms with E-state index in [4.69, 9.17) is 4.74 Å². The SMILES string of the molecule is Cc1ccc(S(=O)(=O)N2CCOC(C)C2)cc1. The van der Waals surface area contributed by atoms with Crippen molar-refractivity contribution in [2.45, 2.75) is 24.8 Å². The lowest BCUT2D eigenvalue weighted by Gasteiger charge is -2.30. The molecule has 1 fully saturated rings. The van der Waals surface area contributed by atoms with Crippen LogP contribution in [0.3, 0.4) is 0 Å². The van der Waals surface area contributed by atoms with E-state index in [-0.39, 0.29) is 6.10 Å². The van der Waals surface area contributed by atoms with E-state index < -0.39 is 10.0 Å². The molecule has 0 aliphatic carbocycles. The van der Waals surface area contributed by atoms with Gasteiger partial charge in [0.25, 0.3) is 0 Å². The maximum atomic E-state index is 12.3. The summed E-state index contributed by atoms with van der Waals surface area (Å²) in [6.07, 6.45) is -0.0380. The number of nitrogens with zero attached hydrogens (tertiary/aromatic N) is 1. The number of aryl methyl sites for hydroxylation is 1. The molecule has 0 spiro atoms. The number of rotatable bonds is 2. The Balaban J connectivity index is 2.26. The summed E-state index contributed by atoms with van der Waals surface area (Å²) in [6, 6.07) is 6.95. The van der Waals surface area contributed by atoms with Gasteiger partial charge in [0.1, 0.15) is 0 Å². The lowest BCUT2D eigenvalue weighted by atomic mass is 10.2. The van der Waals surface area contributed by atoms with Crippen LogP contribution in [0, 0.1) is 6.92 Å². The minimum absolute atomic E-state index is 0.0380. The molecule has 0 aromatic heterocycles. The maximum Gasteiger partial charge on any atom is 0.243 e. The van der Waals surface area contributed by atoms with Gasteiger partial charge in [0.15, 0.2) is 0 Å². The monoisotopic (exact) mass is 255 g/mol. The van der Waals surface area contributed by atoms with Gasteiger partial charge in [-0.25, -0.2) is 8.42 Å². The van der Waals surface area contributed by atoms with Crippen LogP contribution in [-0.2, 0) is 14.8 Å². The highest BCUT2D eigenvalue weighted by molar-refractivity contribution is 7.89. The Morgan fingerprint density at radius 3 is 2.53 bits per heavy atom. The fourth-order valence-corrected chi connectivity index (χ4v) is 3.36. The van der Waals surface area contributed by atoms with Gasteiger partial charge in [0, 0.05) is 13.1 Å². The molecule has 1 heterocycles. The lowest BCUT2D eigenvalue weighted by molar-refractivity contribution is 0.0102. The molecule has 2 rings (SSSR count). The number of sulfonamides is 1. The Morgan fingerprint density at radius 1 is 1.29 bits per heavy atom. The molecule has 1 aliphatic rings. The molecule has 1 aromatic carbocycles. The zero-order valence-corrected chi connectivity index (χ0v) is 10.9. The molecular weight excluding hydrogens is 238 g/mol. The zero-order valence-electron chi connectivity index (χ0n) is 10.1. The molecule has 1 aromatic rings. The van der Waals surface area contributed by atoms with E-state index in [2.05, 4.69) is 0 Å². The predicted octanol–water partition coefficient (Wildman–Crippen LogP) is 1.40. The smallest absolute Gasteiger partial charge is 0.243 e. The summed E-state index contributed by atoms with van der Waals surface area (Å²) in [7, 11) is -3.36. The van der Waals surface area contributed by atoms with E-state index in [0.29, 0.717) is 24.6 Å². The summed E-state index contributed by atoms with van der Waals surface area (Å²) < 4.78 is 31.5. The van der Waals surface area contributed by atoms with E-state index in [1.165, 1.54) is 4.31 Å². The van der Waals surface area contributed by atoms with Gasteiger partial charge in [0.05, 0.1) is 17.6 Å². The van der Waals surface area contributed by atoms with Gasteiger partial charge >= 0.3 is 0 Å². The summed E-state index contributed by atoms with van der Waals surface area (Å²) in [5, 5.41) is 0. The van der Waals surface area contributed by atoms with Crippen molar-refractivity contribution in [3.05, 3.63) is 29.8 Å². The molecule has 0 N–H and O–H groups in total. The Hall–Kier alpha value is -0.910. The number of benzene rings is 1. The second kappa shape index (κ2) is 4.76. The highest BCUT2D eigenvalue weighted by Crippen LogP contribution is 2.18. The van der Waals surface area contributed by atoms with Crippen LogP contribution >= 0.6 is 0 Å². The van der Waals surface area contributed by atoms with Gasteiger partial charge < -0.3 is 4.74 Å². The molecule has 0 amide bonds. The molecule has 0 bridgehead atoms. The van der Waals surface area contributed by atoms with Crippen LogP contribution in [0.15, 0.2) is 29.2 Å². The Morgan fingerprint density at radius 2 is 1.94 bits per heavy atom. The molecule has 5 heteroatoms. The quantitative estimate of drug-likeness (QED) is 0.802. The van der Waals surface area contributed by atoms with Crippen LogP contribution < -0.4 is 0 Å². The van der Waals surface area contributed by atoms with Crippen molar-refractivity contribution < 1.29 is 13.2 Å². The second-order valence-electron chi connectivity index (χ2n) is 4.36. The Bertz CT molecular complexity index is 481. The number of hydrogen-bond donors (Lipinski definition) is 0. The highest BCUT2D eigenvalue weighted by Gasteiger charge is 2.28. The number of morpholine rings is 1. The standard InChI is InChI=1S/C12H17NO3S/c1-10-3-5-12(6-4-10)17(14,15)13-7-8-16-11(2)9-13/h3-6,11H,7-9H2,1-2H3. The molecule has 0 radical (unpaired) electrons. The Labute approximate surface area is 102 Å². The lowest BCUT2D eigenvalue weighted by Crippen LogP contribution is -2.44. The molecule has 1 atom stereocenters. The first-order chi connectivity index (χ1) is 8.00. The van der Waals surface area contributed by atoms with Gasteiger partial charge in [-0.15, -0.1) is 0 Å². The minimum atomic E-state index is -3.36. The largest absolute Gasteiger partial charge is 0.376 e. The maximum absolute atomic E-state index is 12.3. The summed E-state index contributed by atoms with van der Waals surface area (Å²) in [5.41, 5.74) is 1.05. The molecule has 17 heavy (non-hydrogen) atoms. The topological polar surface area (TPSA) is 46.6 Å². The van der Waals surface area contributed by atoms with E-state index in [9.17, 15) is 8.42 Å². The minimum Gasteiger partial charge on any atom is -0.376 e. The van der Waals surface area contributed by atoms with E-state index in [1.807, 2.05) is 26.0 Å². The second-order valence-corrected chi connectivity index (χ2v) is 6.30. The van der Waals surface area contributed by atoms with Gasteiger partial charge in [-0.2, -0.15) is 4.31 Å². The number of hydrogen-bond acceptors (Lipinski definition) is 3. The van der Waals surface area contributed by atoms with Crippen LogP contribution in [0.1, 0.15) is 12.5 Å². The molecule has 94 valence electrons. The van der Waals surface area contributed by atoms with Gasteiger partial charge in [-0.1, -0.05) is 17.7 Å². The van der Waals surface area contributed by atoms with Crippen LogP contribution in [-0.4, -0.2) is 38.5 Å². The van der Waals surface area contributed by atoms with Crippen molar-refractivity contribution in [3.8, 4) is 0 Å². The van der Waals surface area contributed by atoms with Crippen molar-refractivity contribution in [2.75, 3.05) is 19.7 Å². The van der Waals surface area contributed by atoms with Gasteiger partial charge in [0.2, 0.25) is 10.0 Å². The van der Waals surface area contributed by atoms with Gasteiger partial charge in [-0.3, -0.25) is 0 Å². The molecule has 0 saturated carbocycles. The normalized spacial score (nSPS) is 22.6. The third-order valence-corrected chi connectivity index (χ3v) is 4.74. The third-order valence-electron chi connectivity index (χ3n) is 2.86. The van der Waals surface area contributed by atoms with Crippen LogP contribution in [0.5, 0.6) is 0 Å². The molecule has 4 nitrogen and oxygen atoms in total. The average molecular weight is 255 g/mol. The number of ether oxygens (including phenoxy) is 1. The summed E-state index contributed by atoms with van der Waals surface area (Å²) in [6.45, 7) is 5.15. The molecule has 1 saturated heterocycles. The fourth-order valence-electron chi connectivity index (χ4n) is 1.86. The van der Waals surface area contributed by atoms with Crippen molar-refractivity contribution in [1.82, 2.24) is 4.31 Å². The van der Waals surface area contributed by atoms with Crippen molar-refractivity contribution in [3.63, 3.8) is 0 Å². The highest BCUT2D eigenvalue weighted by atomic mass is 32.2. The van der Waals surface area contributed by atoms with E-state index in [1.54, 1.807) is 12.1 Å². The van der Waals surface area contributed by atoms with E-state index in [0.717, 1.165) is 5.56 Å². The zero-order chi connectivity index (χ0) is 12.5. The first kappa shape index (κ1) is 12.5. The van der Waals surface area contributed by atoms with Crippen molar-refractivity contribution in [2.24, 2.45) is 0 Å². The van der Waals surface area contributed by atoms with E-state index >= 15 is 0 Å². The molecule has 1 aliphatic heterocycles. The molecule has 1 unspecified atom stereocenters. The summed E-state index contributed by atoms with van der Waals surface area (Å²) >= 11 is 0. The Kier molecular flexibility index (Phi) is 3.51. The van der Waals surface area contributed by atoms with Crippen LogP contribution in [0.2, 0.25) is 0 Å². The van der Waals surface area contributed by atoms with Crippen LogP contribution in [0.4, 0.5) is 0 Å². The van der Waals surface area contributed by atoms with Crippen LogP contribution in [0.25, 0.3) is 0 Å². The summed E-state index contributed by atoms with van der Waals surface area (Å²) in [4.78, 5) is 0.359. The van der Waals surface area contributed by atoms with Crippen molar-refractivity contribution >= 4 is 10.0 Å². The molecular formula is C12H17NO3S. The first-order valence-electron chi connectivity index (χ1n) is 5.68. The first-order valence-corrected chi connectivity index (χ1v) is 7.12. The summed E-state index contributed by atoms with van der Waals surface area (Å²) in [5.74, 6) is 0. The van der Waals surface area contributed by atoms with Crippen molar-refractivity contribution in [1.29, 1.82) is 0 Å². The predicted molar refractivity (Wildman–Crippen MR) is 65.4 cm³/mol. The third kappa shape index (κ3) is 2.68. The fraction of sp³-hybridized carbons (Fsp3) is 0.500.